The third-order valence-corrected chi connectivity index (χ3v) is 2.36. The van der Waals surface area contributed by atoms with Gasteiger partial charge in [-0.3, -0.25) is 4.79 Å². The number of amides is 1. The summed E-state index contributed by atoms with van der Waals surface area (Å²) in [4.78, 5) is 10.5. The van der Waals surface area contributed by atoms with Gasteiger partial charge in [0.25, 0.3) is 0 Å². The van der Waals surface area contributed by atoms with Crippen LogP contribution in [0.2, 0.25) is 0 Å². The molecule has 0 spiro atoms. The molecule has 0 aromatic heterocycles. The lowest BCUT2D eigenvalue weighted by molar-refractivity contribution is -0.122. The standard InChI is InChI=1S/C10H19NO3/c1-7-5-9(6-8(2)14-7)13-4-3-10(11)12/h7-9H,3-6H2,1-2H3,(H2,11,12). The molecule has 1 aliphatic rings. The molecule has 0 aliphatic carbocycles. The van der Waals surface area contributed by atoms with Gasteiger partial charge in [0.2, 0.25) is 5.91 Å². The van der Waals surface area contributed by atoms with E-state index in [4.69, 9.17) is 15.2 Å². The molecular weight excluding hydrogens is 182 g/mol. The molecule has 1 aliphatic heterocycles. The largest absolute Gasteiger partial charge is 0.377 e. The van der Waals surface area contributed by atoms with Crippen molar-refractivity contribution >= 4 is 5.91 Å². The normalized spacial score (nSPS) is 32.9. The second-order valence-electron chi connectivity index (χ2n) is 3.94. The maximum absolute atomic E-state index is 10.5. The van der Waals surface area contributed by atoms with Crippen molar-refractivity contribution in [1.29, 1.82) is 0 Å². The highest BCUT2D eigenvalue weighted by Crippen LogP contribution is 2.21. The highest BCUT2D eigenvalue weighted by atomic mass is 16.5. The van der Waals surface area contributed by atoms with E-state index >= 15 is 0 Å². The molecular formula is C10H19NO3. The molecule has 0 radical (unpaired) electrons. The number of rotatable bonds is 4. The third-order valence-electron chi connectivity index (χ3n) is 2.36. The van der Waals surface area contributed by atoms with Gasteiger partial charge in [0, 0.05) is 6.42 Å². The molecule has 2 unspecified atom stereocenters. The average molecular weight is 201 g/mol. The van der Waals surface area contributed by atoms with E-state index in [1.54, 1.807) is 0 Å². The lowest BCUT2D eigenvalue weighted by Crippen LogP contribution is -2.34. The zero-order valence-electron chi connectivity index (χ0n) is 8.86. The Balaban J connectivity index is 2.20. The van der Waals surface area contributed by atoms with E-state index in [1.165, 1.54) is 0 Å². The zero-order chi connectivity index (χ0) is 10.6. The SMILES string of the molecule is CC1CC(OCCC(N)=O)CC(C)O1. The van der Waals surface area contributed by atoms with Crippen LogP contribution in [0.5, 0.6) is 0 Å². The Morgan fingerprint density at radius 2 is 2.00 bits per heavy atom. The fourth-order valence-corrected chi connectivity index (χ4v) is 1.81. The minimum Gasteiger partial charge on any atom is -0.377 e. The van der Waals surface area contributed by atoms with E-state index in [-0.39, 0.29) is 24.2 Å². The Bertz CT molecular complexity index is 186. The summed E-state index contributed by atoms with van der Waals surface area (Å²) in [6, 6.07) is 0. The van der Waals surface area contributed by atoms with Crippen LogP contribution in [-0.4, -0.2) is 30.8 Å². The topological polar surface area (TPSA) is 61.5 Å². The van der Waals surface area contributed by atoms with Gasteiger partial charge >= 0.3 is 0 Å². The molecule has 0 saturated carbocycles. The van der Waals surface area contributed by atoms with Crippen LogP contribution >= 0.6 is 0 Å². The quantitative estimate of drug-likeness (QED) is 0.733. The monoisotopic (exact) mass is 201 g/mol. The predicted molar refractivity (Wildman–Crippen MR) is 52.8 cm³/mol. The van der Waals surface area contributed by atoms with Gasteiger partial charge in [-0.15, -0.1) is 0 Å². The fraction of sp³-hybridized carbons (Fsp3) is 0.900. The molecule has 0 bridgehead atoms. The average Bonchev–Trinajstić information content (AvgIpc) is 2.01. The molecule has 14 heavy (non-hydrogen) atoms. The van der Waals surface area contributed by atoms with Crippen molar-refractivity contribution in [3.8, 4) is 0 Å². The number of primary amides is 1. The van der Waals surface area contributed by atoms with E-state index in [1.807, 2.05) is 13.8 Å². The number of carbonyl (C=O) groups excluding carboxylic acids is 1. The van der Waals surface area contributed by atoms with E-state index < -0.39 is 0 Å². The molecule has 0 aromatic carbocycles. The van der Waals surface area contributed by atoms with Gasteiger partial charge < -0.3 is 15.2 Å². The van der Waals surface area contributed by atoms with Crippen LogP contribution in [0.4, 0.5) is 0 Å². The van der Waals surface area contributed by atoms with Crippen molar-refractivity contribution in [2.24, 2.45) is 5.73 Å². The first-order chi connectivity index (χ1) is 6.58. The molecule has 1 saturated heterocycles. The van der Waals surface area contributed by atoms with Gasteiger partial charge in [-0.05, 0) is 26.7 Å². The lowest BCUT2D eigenvalue weighted by atomic mass is 10.0. The third kappa shape index (κ3) is 4.07. The minimum absolute atomic E-state index is 0.216. The van der Waals surface area contributed by atoms with Crippen LogP contribution in [0.25, 0.3) is 0 Å². The van der Waals surface area contributed by atoms with Crippen LogP contribution in [-0.2, 0) is 14.3 Å². The van der Waals surface area contributed by atoms with Crippen molar-refractivity contribution in [2.75, 3.05) is 6.61 Å². The molecule has 0 aromatic rings. The van der Waals surface area contributed by atoms with E-state index in [9.17, 15) is 4.79 Å². The number of carbonyl (C=O) groups is 1. The maximum atomic E-state index is 10.5. The van der Waals surface area contributed by atoms with Crippen LogP contribution in [0.15, 0.2) is 0 Å². The number of hydrogen-bond acceptors (Lipinski definition) is 3. The summed E-state index contributed by atoms with van der Waals surface area (Å²) in [6.45, 7) is 4.51. The van der Waals surface area contributed by atoms with E-state index in [2.05, 4.69) is 0 Å². The summed E-state index contributed by atoms with van der Waals surface area (Å²) < 4.78 is 11.1. The first kappa shape index (κ1) is 11.5. The van der Waals surface area contributed by atoms with Crippen molar-refractivity contribution in [1.82, 2.24) is 0 Å². The van der Waals surface area contributed by atoms with Gasteiger partial charge in [-0.1, -0.05) is 0 Å². The molecule has 82 valence electrons. The van der Waals surface area contributed by atoms with Crippen molar-refractivity contribution in [2.45, 2.75) is 51.4 Å². The molecule has 4 heteroatoms. The Morgan fingerprint density at radius 3 is 2.50 bits per heavy atom. The Hall–Kier alpha value is -0.610. The van der Waals surface area contributed by atoms with Crippen LogP contribution in [0, 0.1) is 0 Å². The Kier molecular flexibility index (Phi) is 4.35. The van der Waals surface area contributed by atoms with Crippen molar-refractivity contribution < 1.29 is 14.3 Å². The minimum atomic E-state index is -0.307. The lowest BCUT2D eigenvalue weighted by Gasteiger charge is -2.31. The van der Waals surface area contributed by atoms with Gasteiger partial charge in [-0.25, -0.2) is 0 Å². The first-order valence-corrected chi connectivity index (χ1v) is 5.13. The maximum Gasteiger partial charge on any atom is 0.219 e. The van der Waals surface area contributed by atoms with Gasteiger partial charge in [-0.2, -0.15) is 0 Å². The summed E-state index contributed by atoms with van der Waals surface area (Å²) in [5, 5.41) is 0. The summed E-state index contributed by atoms with van der Waals surface area (Å²) in [5.74, 6) is -0.307. The summed E-state index contributed by atoms with van der Waals surface area (Å²) in [7, 11) is 0. The second-order valence-corrected chi connectivity index (χ2v) is 3.94. The van der Waals surface area contributed by atoms with Gasteiger partial charge in [0.1, 0.15) is 0 Å². The van der Waals surface area contributed by atoms with Crippen LogP contribution < -0.4 is 5.73 Å². The Morgan fingerprint density at radius 1 is 1.43 bits per heavy atom. The number of ether oxygens (including phenoxy) is 2. The molecule has 1 amide bonds. The van der Waals surface area contributed by atoms with E-state index in [0.29, 0.717) is 13.0 Å². The summed E-state index contributed by atoms with van der Waals surface area (Å²) in [5.41, 5.74) is 5.02. The predicted octanol–water partition coefficient (Wildman–Crippen LogP) is 0.834. The number of nitrogens with two attached hydrogens (primary N) is 1. The highest BCUT2D eigenvalue weighted by Gasteiger charge is 2.24. The van der Waals surface area contributed by atoms with Gasteiger partial charge in [0.15, 0.2) is 0 Å². The van der Waals surface area contributed by atoms with Crippen molar-refractivity contribution in [3.05, 3.63) is 0 Å². The second kappa shape index (κ2) is 5.32. The molecule has 1 heterocycles. The highest BCUT2D eigenvalue weighted by molar-refractivity contribution is 5.73. The molecule has 4 nitrogen and oxygen atoms in total. The summed E-state index contributed by atoms with van der Waals surface area (Å²) >= 11 is 0. The summed E-state index contributed by atoms with van der Waals surface area (Å²) in [6.07, 6.45) is 2.83. The van der Waals surface area contributed by atoms with Gasteiger partial charge in [0.05, 0.1) is 24.9 Å². The van der Waals surface area contributed by atoms with E-state index in [0.717, 1.165) is 12.8 Å². The Labute approximate surface area is 84.7 Å². The molecule has 1 rings (SSSR count). The zero-order valence-corrected chi connectivity index (χ0v) is 8.86. The molecule has 2 atom stereocenters. The molecule has 1 fully saturated rings. The fourth-order valence-electron chi connectivity index (χ4n) is 1.81. The van der Waals surface area contributed by atoms with Crippen LogP contribution in [0.3, 0.4) is 0 Å². The first-order valence-electron chi connectivity index (χ1n) is 5.13. The van der Waals surface area contributed by atoms with Crippen LogP contribution in [0.1, 0.15) is 33.1 Å². The van der Waals surface area contributed by atoms with Crippen molar-refractivity contribution in [3.63, 3.8) is 0 Å². The smallest absolute Gasteiger partial charge is 0.219 e. The number of hydrogen-bond donors (Lipinski definition) is 1. The molecule has 2 N–H and O–H groups in total.